The van der Waals surface area contributed by atoms with Crippen LogP contribution in [0, 0.1) is 13.8 Å². The zero-order valence-electron chi connectivity index (χ0n) is 16.9. The maximum absolute atomic E-state index is 12.6. The van der Waals surface area contributed by atoms with Gasteiger partial charge >= 0.3 is 0 Å². The number of rotatable bonds is 6. The lowest BCUT2D eigenvalue weighted by atomic mass is 10.0. The molecular weight excluding hydrogens is 420 g/mol. The quantitative estimate of drug-likeness (QED) is 0.547. The molecule has 0 aliphatic carbocycles. The largest absolute Gasteiger partial charge is 0.346 e. The lowest BCUT2D eigenvalue weighted by Crippen LogP contribution is -2.26. The fraction of sp³-hybridized carbons (Fsp3) is 0.174. The molecule has 3 rings (SSSR count). The van der Waals surface area contributed by atoms with Gasteiger partial charge < -0.3 is 5.32 Å². The lowest BCUT2D eigenvalue weighted by molar-refractivity contribution is 0.0940. The summed E-state index contributed by atoms with van der Waals surface area (Å²) in [4.78, 5) is 12.7. The van der Waals surface area contributed by atoms with Gasteiger partial charge in [-0.25, -0.2) is 8.42 Å². The van der Waals surface area contributed by atoms with Crippen molar-refractivity contribution in [1.82, 2.24) is 5.32 Å². The van der Waals surface area contributed by atoms with Crippen molar-refractivity contribution in [3.8, 4) is 0 Å². The topological polar surface area (TPSA) is 75.3 Å². The van der Waals surface area contributed by atoms with Gasteiger partial charge in [-0.2, -0.15) is 0 Å². The van der Waals surface area contributed by atoms with Crippen LogP contribution in [0.1, 0.15) is 40.0 Å². The Bertz CT molecular complexity index is 1160. The molecule has 30 heavy (non-hydrogen) atoms. The molecule has 156 valence electrons. The van der Waals surface area contributed by atoms with Gasteiger partial charge in [0.15, 0.2) is 0 Å². The second kappa shape index (κ2) is 8.90. The van der Waals surface area contributed by atoms with Crippen molar-refractivity contribution in [2.24, 2.45) is 0 Å². The van der Waals surface area contributed by atoms with Crippen molar-refractivity contribution >= 4 is 33.2 Å². The molecule has 0 aromatic heterocycles. The zero-order valence-corrected chi connectivity index (χ0v) is 18.5. The van der Waals surface area contributed by atoms with Crippen molar-refractivity contribution in [3.63, 3.8) is 0 Å². The summed E-state index contributed by atoms with van der Waals surface area (Å²) in [7, 11) is -3.74. The predicted molar refractivity (Wildman–Crippen MR) is 120 cm³/mol. The molecule has 1 amide bonds. The van der Waals surface area contributed by atoms with Crippen molar-refractivity contribution in [2.75, 3.05) is 4.72 Å². The van der Waals surface area contributed by atoms with Crippen molar-refractivity contribution in [3.05, 3.63) is 94.0 Å². The minimum Gasteiger partial charge on any atom is -0.346 e. The van der Waals surface area contributed by atoms with E-state index >= 15 is 0 Å². The molecule has 0 aliphatic rings. The number of hydrogen-bond donors (Lipinski definition) is 2. The maximum atomic E-state index is 12.6. The van der Waals surface area contributed by atoms with Crippen molar-refractivity contribution in [2.45, 2.75) is 31.7 Å². The molecular formula is C23H23ClN2O3S. The third-order valence-corrected chi connectivity index (χ3v) is 6.55. The molecule has 3 aromatic carbocycles. The Morgan fingerprint density at radius 2 is 1.53 bits per heavy atom. The van der Waals surface area contributed by atoms with E-state index in [0.29, 0.717) is 16.3 Å². The molecule has 0 fully saturated rings. The highest BCUT2D eigenvalue weighted by molar-refractivity contribution is 7.92. The predicted octanol–water partition coefficient (Wildman–Crippen LogP) is 5.25. The summed E-state index contributed by atoms with van der Waals surface area (Å²) >= 11 is 5.81. The fourth-order valence-electron chi connectivity index (χ4n) is 2.91. The Balaban J connectivity index is 1.68. The van der Waals surface area contributed by atoms with Crippen LogP contribution in [0.15, 0.2) is 71.6 Å². The number of aryl methyl sites for hydroxylation is 2. The maximum Gasteiger partial charge on any atom is 0.261 e. The number of benzene rings is 3. The van der Waals surface area contributed by atoms with Crippen LogP contribution < -0.4 is 10.0 Å². The highest BCUT2D eigenvalue weighted by atomic mass is 35.5. The Kier molecular flexibility index (Phi) is 6.48. The first-order chi connectivity index (χ1) is 14.2. The molecule has 1 unspecified atom stereocenters. The number of hydrogen-bond acceptors (Lipinski definition) is 3. The van der Waals surface area contributed by atoms with Gasteiger partial charge in [0.05, 0.1) is 10.9 Å². The number of carbonyl (C=O) groups excluding carboxylic acids is 1. The smallest absolute Gasteiger partial charge is 0.261 e. The molecule has 0 heterocycles. The molecule has 0 radical (unpaired) electrons. The molecule has 0 saturated heterocycles. The van der Waals surface area contributed by atoms with Gasteiger partial charge in [-0.15, -0.1) is 0 Å². The van der Waals surface area contributed by atoms with Gasteiger partial charge in [-0.3, -0.25) is 9.52 Å². The van der Waals surface area contributed by atoms with E-state index in [-0.39, 0.29) is 16.8 Å². The van der Waals surface area contributed by atoms with Gasteiger partial charge in [-0.05, 0) is 86.0 Å². The summed E-state index contributed by atoms with van der Waals surface area (Å²) < 4.78 is 27.4. The number of anilines is 1. The Labute approximate surface area is 182 Å². The first kappa shape index (κ1) is 21.9. The van der Waals surface area contributed by atoms with E-state index in [4.69, 9.17) is 11.6 Å². The Hall–Kier alpha value is -2.83. The van der Waals surface area contributed by atoms with Gasteiger partial charge in [0.2, 0.25) is 0 Å². The number of carbonyl (C=O) groups is 1. The van der Waals surface area contributed by atoms with Crippen molar-refractivity contribution < 1.29 is 13.2 Å². The number of nitrogens with one attached hydrogen (secondary N) is 2. The van der Waals surface area contributed by atoms with Crippen LogP contribution in [0.4, 0.5) is 5.69 Å². The van der Waals surface area contributed by atoms with Crippen LogP contribution in [0.25, 0.3) is 0 Å². The Morgan fingerprint density at radius 1 is 0.900 bits per heavy atom. The standard InChI is InChI=1S/C23H23ClN2O3S/c1-15-4-5-19(14-16(15)2)17(3)25-23(27)18-6-10-21(11-7-18)26-30(28,29)22-12-8-20(24)9-13-22/h4-14,17,26H,1-3H3,(H,25,27). The van der Waals surface area contributed by atoms with Crippen LogP contribution in [-0.4, -0.2) is 14.3 Å². The summed E-state index contributed by atoms with van der Waals surface area (Å²) in [6.07, 6.45) is 0. The highest BCUT2D eigenvalue weighted by Crippen LogP contribution is 2.20. The molecule has 0 aliphatic heterocycles. The molecule has 3 aromatic rings. The first-order valence-electron chi connectivity index (χ1n) is 9.42. The van der Waals surface area contributed by atoms with Crippen LogP contribution in [0.5, 0.6) is 0 Å². The fourth-order valence-corrected chi connectivity index (χ4v) is 4.10. The third kappa shape index (κ3) is 5.20. The SMILES string of the molecule is Cc1ccc(C(C)NC(=O)c2ccc(NS(=O)(=O)c3ccc(Cl)cc3)cc2)cc1C. The van der Waals surface area contributed by atoms with E-state index in [2.05, 4.69) is 16.1 Å². The highest BCUT2D eigenvalue weighted by Gasteiger charge is 2.15. The number of halogens is 1. The average Bonchev–Trinajstić information content (AvgIpc) is 2.70. The van der Waals surface area contributed by atoms with E-state index in [1.807, 2.05) is 32.9 Å². The number of sulfonamides is 1. The monoisotopic (exact) mass is 442 g/mol. The van der Waals surface area contributed by atoms with Gasteiger partial charge in [0.1, 0.15) is 0 Å². The Morgan fingerprint density at radius 3 is 2.13 bits per heavy atom. The first-order valence-corrected chi connectivity index (χ1v) is 11.3. The minimum absolute atomic E-state index is 0.107. The second-order valence-electron chi connectivity index (χ2n) is 7.18. The van der Waals surface area contributed by atoms with Gasteiger partial charge in [-0.1, -0.05) is 29.8 Å². The average molecular weight is 443 g/mol. The second-order valence-corrected chi connectivity index (χ2v) is 9.29. The van der Waals surface area contributed by atoms with Gasteiger partial charge in [0.25, 0.3) is 15.9 Å². The van der Waals surface area contributed by atoms with Crippen LogP contribution in [-0.2, 0) is 10.0 Å². The van der Waals surface area contributed by atoms with Crippen LogP contribution in [0.2, 0.25) is 5.02 Å². The van der Waals surface area contributed by atoms with E-state index in [0.717, 1.165) is 5.56 Å². The molecule has 0 bridgehead atoms. The number of amides is 1. The zero-order chi connectivity index (χ0) is 21.9. The van der Waals surface area contributed by atoms with E-state index < -0.39 is 10.0 Å². The molecule has 7 heteroatoms. The third-order valence-electron chi connectivity index (χ3n) is 4.90. The normalized spacial score (nSPS) is 12.3. The minimum atomic E-state index is -3.74. The lowest BCUT2D eigenvalue weighted by Gasteiger charge is -2.16. The summed E-state index contributed by atoms with van der Waals surface area (Å²) in [6, 6.07) is 18.1. The summed E-state index contributed by atoms with van der Waals surface area (Å²) in [5.74, 6) is -0.229. The van der Waals surface area contributed by atoms with Crippen LogP contribution >= 0.6 is 11.6 Å². The summed E-state index contributed by atoms with van der Waals surface area (Å²) in [6.45, 7) is 6.01. The molecule has 1 atom stereocenters. The molecule has 0 spiro atoms. The van der Waals surface area contributed by atoms with Gasteiger partial charge in [0, 0.05) is 16.3 Å². The van der Waals surface area contributed by atoms with Crippen LogP contribution in [0.3, 0.4) is 0 Å². The molecule has 5 nitrogen and oxygen atoms in total. The summed E-state index contributed by atoms with van der Waals surface area (Å²) in [5.41, 5.74) is 4.21. The molecule has 2 N–H and O–H groups in total. The van der Waals surface area contributed by atoms with Crippen molar-refractivity contribution in [1.29, 1.82) is 0 Å². The van der Waals surface area contributed by atoms with E-state index in [1.54, 1.807) is 24.3 Å². The van der Waals surface area contributed by atoms with E-state index in [1.165, 1.54) is 35.4 Å². The molecule has 0 saturated carbocycles. The summed E-state index contributed by atoms with van der Waals surface area (Å²) in [5, 5.41) is 3.43. The van der Waals surface area contributed by atoms with E-state index in [9.17, 15) is 13.2 Å².